The van der Waals surface area contributed by atoms with Crippen LogP contribution in [0.5, 0.6) is 0 Å². The zero-order valence-corrected chi connectivity index (χ0v) is 21.9. The van der Waals surface area contributed by atoms with Gasteiger partial charge in [0, 0.05) is 13.6 Å². The molecule has 1 unspecified atom stereocenters. The lowest BCUT2D eigenvalue weighted by Gasteiger charge is -2.35. The van der Waals surface area contributed by atoms with Gasteiger partial charge in [-0.3, -0.25) is 9.59 Å². The van der Waals surface area contributed by atoms with Crippen molar-refractivity contribution >= 4 is 33.6 Å². The zero-order chi connectivity index (χ0) is 29.0. The number of hydrogen-bond donors (Lipinski definition) is 4. The number of carbonyl (C=O) groups excluding carboxylic acids is 2. The van der Waals surface area contributed by atoms with Crippen LogP contribution in [0.25, 0.3) is 5.69 Å². The minimum atomic E-state index is -5.35. The lowest BCUT2D eigenvalue weighted by molar-refractivity contribution is -0.260. The number of carbonyl (C=O) groups is 2. The summed E-state index contributed by atoms with van der Waals surface area (Å²) in [4.78, 5) is 26.1. The van der Waals surface area contributed by atoms with Gasteiger partial charge >= 0.3 is 6.18 Å². The van der Waals surface area contributed by atoms with Gasteiger partial charge in [0.25, 0.3) is 11.8 Å². The predicted octanol–water partition coefficient (Wildman–Crippen LogP) is 3.11. The molecule has 15 heteroatoms. The molecule has 0 aliphatic carbocycles. The molecule has 0 aliphatic rings. The highest BCUT2D eigenvalue weighted by molar-refractivity contribution is 9.10. The number of alkyl halides is 3. The molecule has 9 nitrogen and oxygen atoms in total. The third-order valence-electron chi connectivity index (χ3n) is 5.68. The van der Waals surface area contributed by atoms with Gasteiger partial charge in [-0.05, 0) is 52.3 Å². The average Bonchev–Trinajstić information content (AvgIpc) is 3.32. The van der Waals surface area contributed by atoms with E-state index >= 15 is 0 Å². The number of hydrogen-bond acceptors (Lipinski definition) is 6. The SMILES string of the molecule is CNc1c(C(=O)NCC(O)(CN(CCO)C(=O)c2cccc(Br)c2F)C(F)(F)F)cnn1-c1ccc(F)cc1. The van der Waals surface area contributed by atoms with E-state index in [0.29, 0.717) is 10.6 Å². The molecule has 1 aromatic heterocycles. The first-order valence-electron chi connectivity index (χ1n) is 11.3. The van der Waals surface area contributed by atoms with Gasteiger partial charge in [-0.1, -0.05) is 6.07 Å². The molecule has 2 aromatic carbocycles. The van der Waals surface area contributed by atoms with E-state index in [0.717, 1.165) is 24.4 Å². The van der Waals surface area contributed by atoms with Crippen molar-refractivity contribution in [1.82, 2.24) is 20.0 Å². The summed E-state index contributed by atoms with van der Waals surface area (Å²) in [5.74, 6) is -3.75. The smallest absolute Gasteiger partial charge is 0.395 e. The summed E-state index contributed by atoms with van der Waals surface area (Å²) in [5, 5.41) is 28.6. The summed E-state index contributed by atoms with van der Waals surface area (Å²) in [6, 6.07) is 8.65. The molecular formula is C24H23BrF5N5O4. The number of aliphatic hydroxyl groups excluding tert-OH is 1. The van der Waals surface area contributed by atoms with E-state index in [4.69, 9.17) is 0 Å². The van der Waals surface area contributed by atoms with Crippen LogP contribution in [-0.2, 0) is 0 Å². The van der Waals surface area contributed by atoms with Crippen molar-refractivity contribution in [2.24, 2.45) is 0 Å². The van der Waals surface area contributed by atoms with E-state index in [2.05, 4.69) is 26.3 Å². The second-order valence-electron chi connectivity index (χ2n) is 8.31. The van der Waals surface area contributed by atoms with Gasteiger partial charge in [0.2, 0.25) is 0 Å². The molecular weight excluding hydrogens is 597 g/mol. The number of benzene rings is 2. The fraction of sp³-hybridized carbons (Fsp3) is 0.292. The number of halogens is 6. The van der Waals surface area contributed by atoms with Gasteiger partial charge in [0.05, 0.1) is 41.6 Å². The lowest BCUT2D eigenvalue weighted by atomic mass is 10.0. The molecule has 4 N–H and O–H groups in total. The van der Waals surface area contributed by atoms with Crippen molar-refractivity contribution in [2.75, 3.05) is 38.6 Å². The van der Waals surface area contributed by atoms with Crippen molar-refractivity contribution in [3.05, 3.63) is 75.9 Å². The standard InChI is InChI=1S/C24H23BrF5N5O4/c1-31-20-17(11-33-35(20)15-7-5-14(26)6-8-15)21(37)32-12-23(39,24(28,29)30)13-34(9-10-36)22(38)16-3-2-4-18(25)19(16)27/h2-8,11,31,36,39H,9-10,12-13H2,1H3,(H,32,37). The second-order valence-corrected chi connectivity index (χ2v) is 9.16. The van der Waals surface area contributed by atoms with Gasteiger partial charge < -0.3 is 25.7 Å². The summed E-state index contributed by atoms with van der Waals surface area (Å²) >= 11 is 2.89. The molecule has 0 aliphatic heterocycles. The van der Waals surface area contributed by atoms with Gasteiger partial charge in [-0.15, -0.1) is 0 Å². The highest BCUT2D eigenvalue weighted by Gasteiger charge is 2.55. The third kappa shape index (κ3) is 6.54. The van der Waals surface area contributed by atoms with Crippen LogP contribution < -0.4 is 10.6 Å². The highest BCUT2D eigenvalue weighted by Crippen LogP contribution is 2.32. The van der Waals surface area contributed by atoms with Crippen molar-refractivity contribution in [3.63, 3.8) is 0 Å². The Labute approximate surface area is 227 Å². The van der Waals surface area contributed by atoms with Crippen molar-refractivity contribution in [3.8, 4) is 5.69 Å². The number of aliphatic hydroxyl groups is 2. The van der Waals surface area contributed by atoms with Crippen LogP contribution in [0.15, 0.2) is 53.1 Å². The van der Waals surface area contributed by atoms with Crippen LogP contribution in [0.1, 0.15) is 20.7 Å². The summed E-state index contributed by atoms with van der Waals surface area (Å²) in [5.41, 5.74) is -4.10. The molecule has 2 amide bonds. The average molecular weight is 620 g/mol. The highest BCUT2D eigenvalue weighted by atomic mass is 79.9. The Morgan fingerprint density at radius 1 is 1.10 bits per heavy atom. The molecule has 0 saturated heterocycles. The van der Waals surface area contributed by atoms with E-state index in [1.807, 2.05) is 5.32 Å². The van der Waals surface area contributed by atoms with Gasteiger partial charge in [0.15, 0.2) is 5.60 Å². The van der Waals surface area contributed by atoms with Crippen molar-refractivity contribution in [1.29, 1.82) is 0 Å². The molecule has 0 bridgehead atoms. The summed E-state index contributed by atoms with van der Waals surface area (Å²) in [6.45, 7) is -4.26. The van der Waals surface area contributed by atoms with Crippen LogP contribution >= 0.6 is 15.9 Å². The number of anilines is 1. The Hall–Kier alpha value is -3.56. The molecule has 210 valence electrons. The fourth-order valence-electron chi connectivity index (χ4n) is 3.63. The van der Waals surface area contributed by atoms with Crippen LogP contribution in [0.4, 0.5) is 27.8 Å². The third-order valence-corrected chi connectivity index (χ3v) is 6.29. The maximum atomic E-state index is 14.4. The minimum absolute atomic E-state index is 0.0665. The monoisotopic (exact) mass is 619 g/mol. The van der Waals surface area contributed by atoms with Crippen LogP contribution in [0.3, 0.4) is 0 Å². The van der Waals surface area contributed by atoms with Crippen LogP contribution in [-0.4, -0.2) is 81.8 Å². The van der Waals surface area contributed by atoms with Crippen molar-refractivity contribution < 1.29 is 41.8 Å². The predicted molar refractivity (Wildman–Crippen MR) is 133 cm³/mol. The van der Waals surface area contributed by atoms with E-state index in [-0.39, 0.29) is 15.9 Å². The van der Waals surface area contributed by atoms with E-state index < -0.39 is 67.0 Å². The first-order chi connectivity index (χ1) is 18.3. The van der Waals surface area contributed by atoms with Gasteiger partial charge in [-0.25, -0.2) is 13.5 Å². The maximum absolute atomic E-state index is 14.4. The number of rotatable bonds is 10. The first kappa shape index (κ1) is 30.0. The Morgan fingerprint density at radius 2 is 1.77 bits per heavy atom. The van der Waals surface area contributed by atoms with Crippen molar-refractivity contribution in [2.45, 2.75) is 11.8 Å². The number of nitrogens with zero attached hydrogens (tertiary/aromatic N) is 3. The van der Waals surface area contributed by atoms with E-state index in [1.165, 1.54) is 36.0 Å². The van der Waals surface area contributed by atoms with E-state index in [1.54, 1.807) is 0 Å². The van der Waals surface area contributed by atoms with E-state index in [9.17, 15) is 41.8 Å². The number of amides is 2. The second kappa shape index (κ2) is 12.1. The Morgan fingerprint density at radius 3 is 2.36 bits per heavy atom. The first-order valence-corrected chi connectivity index (χ1v) is 12.1. The van der Waals surface area contributed by atoms with Crippen LogP contribution in [0.2, 0.25) is 0 Å². The molecule has 3 aromatic rings. The quantitative estimate of drug-likeness (QED) is 0.259. The maximum Gasteiger partial charge on any atom is 0.420 e. The summed E-state index contributed by atoms with van der Waals surface area (Å²) in [7, 11) is 1.43. The molecule has 39 heavy (non-hydrogen) atoms. The molecule has 0 saturated carbocycles. The fourth-order valence-corrected chi connectivity index (χ4v) is 4.00. The normalized spacial score (nSPS) is 13.1. The summed E-state index contributed by atoms with van der Waals surface area (Å²) < 4.78 is 70.9. The number of nitrogens with one attached hydrogen (secondary N) is 2. The largest absolute Gasteiger partial charge is 0.420 e. The molecule has 0 radical (unpaired) electrons. The molecule has 1 heterocycles. The zero-order valence-electron chi connectivity index (χ0n) is 20.3. The lowest BCUT2D eigenvalue weighted by Crippen LogP contribution is -2.60. The Kier molecular flexibility index (Phi) is 9.30. The van der Waals surface area contributed by atoms with Gasteiger partial charge in [0.1, 0.15) is 23.0 Å². The summed E-state index contributed by atoms with van der Waals surface area (Å²) in [6.07, 6.45) is -4.29. The molecule has 3 rings (SSSR count). The topological polar surface area (TPSA) is 120 Å². The minimum Gasteiger partial charge on any atom is -0.395 e. The molecule has 1 atom stereocenters. The number of aromatic nitrogens is 2. The molecule has 0 fully saturated rings. The Balaban J connectivity index is 1.85. The molecule has 0 spiro atoms. The van der Waals surface area contributed by atoms with Gasteiger partial charge in [-0.2, -0.15) is 18.3 Å². The Bertz CT molecular complexity index is 1340. The van der Waals surface area contributed by atoms with Crippen LogP contribution in [0, 0.1) is 11.6 Å².